The Morgan fingerprint density at radius 1 is 1.41 bits per heavy atom. The van der Waals surface area contributed by atoms with Crippen molar-refractivity contribution in [1.29, 1.82) is 0 Å². The molecule has 1 N–H and O–H groups in total. The van der Waals surface area contributed by atoms with E-state index in [9.17, 15) is 18.0 Å². The minimum Gasteiger partial charge on any atom is -0.491 e. The van der Waals surface area contributed by atoms with E-state index in [-0.39, 0.29) is 18.1 Å². The number of ether oxygens (including phenoxy) is 1. The number of benzene rings is 1. The second-order valence-electron chi connectivity index (χ2n) is 4.47. The molecule has 0 fully saturated rings. The first-order valence-electron chi connectivity index (χ1n) is 6.25. The highest BCUT2D eigenvalue weighted by atomic mass is 32.1. The molecule has 0 aliphatic heterocycles. The zero-order valence-electron chi connectivity index (χ0n) is 11.4. The molecule has 1 atom stereocenters. The van der Waals surface area contributed by atoms with E-state index in [0.29, 0.717) is 0 Å². The molecule has 5 nitrogen and oxygen atoms in total. The third kappa shape index (κ3) is 4.17. The summed E-state index contributed by atoms with van der Waals surface area (Å²) in [6, 6.07) is 4.43. The number of nitrogens with zero attached hydrogens (tertiary/aromatic N) is 2. The van der Waals surface area contributed by atoms with Crippen LogP contribution in [0.3, 0.4) is 0 Å². The summed E-state index contributed by atoms with van der Waals surface area (Å²) in [5.41, 5.74) is -0.690. The van der Waals surface area contributed by atoms with Crippen molar-refractivity contribution in [3.63, 3.8) is 0 Å². The number of amides is 1. The number of aromatic nitrogens is 2. The van der Waals surface area contributed by atoms with Gasteiger partial charge in [-0.2, -0.15) is 21.9 Å². The quantitative estimate of drug-likeness (QED) is 0.915. The number of para-hydroxylation sites is 1. The normalized spacial score (nSPS) is 12.7. The Morgan fingerprint density at radius 2 is 2.14 bits per heavy atom. The third-order valence-electron chi connectivity index (χ3n) is 2.65. The fourth-order valence-corrected chi connectivity index (χ4v) is 2.06. The van der Waals surface area contributed by atoms with Crippen LogP contribution in [0.4, 0.5) is 13.2 Å². The van der Waals surface area contributed by atoms with E-state index in [0.717, 1.165) is 17.8 Å². The maximum atomic E-state index is 12.8. The zero-order valence-corrected chi connectivity index (χ0v) is 12.2. The summed E-state index contributed by atoms with van der Waals surface area (Å²) in [6.45, 7) is 1.52. The first kappa shape index (κ1) is 16.2. The van der Waals surface area contributed by atoms with E-state index in [1.54, 1.807) is 6.92 Å². The van der Waals surface area contributed by atoms with Gasteiger partial charge in [-0.05, 0) is 19.1 Å². The van der Waals surface area contributed by atoms with Crippen LogP contribution in [-0.2, 0) is 6.18 Å². The summed E-state index contributed by atoms with van der Waals surface area (Å²) >= 11 is 0.893. The third-order valence-corrected chi connectivity index (χ3v) is 3.13. The van der Waals surface area contributed by atoms with Crippen LogP contribution in [-0.4, -0.2) is 27.3 Å². The van der Waals surface area contributed by atoms with E-state index in [1.165, 1.54) is 24.4 Å². The second-order valence-corrected chi connectivity index (χ2v) is 5.03. The molecule has 0 saturated heterocycles. The Labute approximate surface area is 128 Å². The first-order chi connectivity index (χ1) is 10.4. The van der Waals surface area contributed by atoms with Gasteiger partial charge in [-0.3, -0.25) is 4.79 Å². The largest absolute Gasteiger partial charge is 0.491 e. The maximum absolute atomic E-state index is 12.8. The Kier molecular flexibility index (Phi) is 4.96. The highest BCUT2D eigenvalue weighted by Crippen LogP contribution is 2.35. The molecule has 2 rings (SSSR count). The molecule has 0 spiro atoms. The summed E-state index contributed by atoms with van der Waals surface area (Å²) in [6.07, 6.45) is -3.18. The Bertz CT molecular complexity index is 632. The molecule has 118 valence electrons. The number of carbonyl (C=O) groups is 1. The monoisotopic (exact) mass is 331 g/mol. The van der Waals surface area contributed by atoms with Gasteiger partial charge in [0.1, 0.15) is 12.4 Å². The van der Waals surface area contributed by atoms with Gasteiger partial charge in [-0.1, -0.05) is 12.1 Å². The van der Waals surface area contributed by atoms with Crippen LogP contribution in [0.1, 0.15) is 23.0 Å². The van der Waals surface area contributed by atoms with Gasteiger partial charge in [0, 0.05) is 0 Å². The number of alkyl halides is 3. The number of rotatable bonds is 5. The van der Waals surface area contributed by atoms with E-state index >= 15 is 0 Å². The minimum absolute atomic E-state index is 0.101. The highest BCUT2D eigenvalue weighted by Gasteiger charge is 2.34. The number of hydrogen-bond acceptors (Lipinski definition) is 5. The summed E-state index contributed by atoms with van der Waals surface area (Å²) in [5, 5.41) is 2.57. The van der Waals surface area contributed by atoms with Gasteiger partial charge in [0.05, 0.1) is 29.5 Å². The number of hydrogen-bond donors (Lipinski definition) is 1. The predicted octanol–water partition coefficient (Wildman–Crippen LogP) is 2.75. The van der Waals surface area contributed by atoms with Gasteiger partial charge in [-0.25, -0.2) is 0 Å². The molecule has 9 heteroatoms. The van der Waals surface area contributed by atoms with Crippen LogP contribution in [0, 0.1) is 0 Å². The second kappa shape index (κ2) is 6.73. The minimum atomic E-state index is -4.49. The van der Waals surface area contributed by atoms with Crippen molar-refractivity contribution in [1.82, 2.24) is 14.1 Å². The Hall–Kier alpha value is -2.16. The molecule has 2 aromatic rings. The van der Waals surface area contributed by atoms with Crippen LogP contribution in [0.2, 0.25) is 0 Å². The number of halogens is 3. The van der Waals surface area contributed by atoms with Gasteiger partial charge >= 0.3 is 6.18 Å². The summed E-state index contributed by atoms with van der Waals surface area (Å²) in [7, 11) is 0. The molecule has 0 aliphatic rings. The molecule has 0 aliphatic carbocycles. The van der Waals surface area contributed by atoms with E-state index in [1.807, 2.05) is 0 Å². The average molecular weight is 331 g/mol. The van der Waals surface area contributed by atoms with Crippen molar-refractivity contribution < 1.29 is 22.7 Å². The predicted molar refractivity (Wildman–Crippen MR) is 73.8 cm³/mol. The molecular formula is C13H12F3N3O2S. The van der Waals surface area contributed by atoms with Crippen LogP contribution < -0.4 is 10.1 Å². The van der Waals surface area contributed by atoms with E-state index < -0.39 is 23.7 Å². The van der Waals surface area contributed by atoms with Crippen LogP contribution >= 0.6 is 11.7 Å². The molecule has 1 heterocycles. The average Bonchev–Trinajstić information content (AvgIpc) is 2.98. The standard InChI is InChI=1S/C13H12F3N3O2S/c1-8(18-12(20)10-6-17-22-19-10)7-21-11-5-3-2-4-9(11)13(14,15)16/h2-6,8H,7H2,1H3,(H,18,20)/t8-/m1/s1. The van der Waals surface area contributed by atoms with Gasteiger partial charge in [0.25, 0.3) is 5.91 Å². The van der Waals surface area contributed by atoms with Crippen molar-refractivity contribution in [2.45, 2.75) is 19.1 Å². The fraction of sp³-hybridized carbons (Fsp3) is 0.308. The lowest BCUT2D eigenvalue weighted by molar-refractivity contribution is -0.139. The molecular weight excluding hydrogens is 319 g/mol. The summed E-state index contributed by atoms with van der Waals surface area (Å²) in [4.78, 5) is 11.7. The van der Waals surface area contributed by atoms with Crippen molar-refractivity contribution >= 4 is 17.6 Å². The molecule has 0 unspecified atom stereocenters. The lowest BCUT2D eigenvalue weighted by Crippen LogP contribution is -2.37. The van der Waals surface area contributed by atoms with Gasteiger partial charge in [-0.15, -0.1) is 0 Å². The van der Waals surface area contributed by atoms with Crippen molar-refractivity contribution in [2.75, 3.05) is 6.61 Å². The first-order valence-corrected chi connectivity index (χ1v) is 6.98. The van der Waals surface area contributed by atoms with Crippen molar-refractivity contribution in [3.05, 3.63) is 41.7 Å². The SMILES string of the molecule is C[C@H](COc1ccccc1C(F)(F)F)NC(=O)c1cnsn1. The van der Waals surface area contributed by atoms with Crippen LogP contribution in [0.5, 0.6) is 5.75 Å². The van der Waals surface area contributed by atoms with Crippen LogP contribution in [0.25, 0.3) is 0 Å². The van der Waals surface area contributed by atoms with Gasteiger partial charge in [0.2, 0.25) is 0 Å². The lowest BCUT2D eigenvalue weighted by atomic mass is 10.2. The molecule has 0 bridgehead atoms. The summed E-state index contributed by atoms with van der Waals surface area (Å²) in [5.74, 6) is -0.722. The Morgan fingerprint density at radius 3 is 2.77 bits per heavy atom. The highest BCUT2D eigenvalue weighted by molar-refractivity contribution is 6.99. The van der Waals surface area contributed by atoms with E-state index in [4.69, 9.17) is 4.74 Å². The van der Waals surface area contributed by atoms with Crippen LogP contribution in [0.15, 0.2) is 30.5 Å². The van der Waals surface area contributed by atoms with Crippen molar-refractivity contribution in [3.8, 4) is 5.75 Å². The smallest absolute Gasteiger partial charge is 0.419 e. The molecule has 1 amide bonds. The van der Waals surface area contributed by atoms with Gasteiger partial charge in [0.15, 0.2) is 5.69 Å². The fourth-order valence-electron chi connectivity index (χ4n) is 1.65. The maximum Gasteiger partial charge on any atom is 0.419 e. The van der Waals surface area contributed by atoms with E-state index in [2.05, 4.69) is 14.1 Å². The Balaban J connectivity index is 1.94. The molecule has 22 heavy (non-hydrogen) atoms. The summed E-state index contributed by atoms with van der Waals surface area (Å²) < 4.78 is 51.0. The lowest BCUT2D eigenvalue weighted by Gasteiger charge is -2.17. The molecule has 1 aromatic heterocycles. The number of carbonyl (C=O) groups excluding carboxylic acids is 1. The van der Waals surface area contributed by atoms with Crippen molar-refractivity contribution in [2.24, 2.45) is 0 Å². The molecule has 0 radical (unpaired) electrons. The molecule has 0 saturated carbocycles. The topological polar surface area (TPSA) is 64.1 Å². The van der Waals surface area contributed by atoms with Gasteiger partial charge < -0.3 is 10.1 Å². The number of nitrogens with one attached hydrogen (secondary N) is 1. The molecule has 1 aromatic carbocycles. The zero-order chi connectivity index (χ0) is 16.2.